The molecule has 0 fully saturated rings. The van der Waals surface area contributed by atoms with E-state index < -0.39 is 5.97 Å². The van der Waals surface area contributed by atoms with Crippen LogP contribution in [0.5, 0.6) is 0 Å². The zero-order chi connectivity index (χ0) is 12.6. The minimum absolute atomic E-state index is 0.148. The minimum atomic E-state index is -1.16. The van der Waals surface area contributed by atoms with E-state index in [1.165, 1.54) is 18.3 Å². The zero-order valence-corrected chi connectivity index (χ0v) is 10.8. The van der Waals surface area contributed by atoms with E-state index in [1.807, 2.05) is 18.4 Å². The first kappa shape index (κ1) is 11.9. The smallest absolute Gasteiger partial charge is 0.356 e. The van der Waals surface area contributed by atoms with Crippen molar-refractivity contribution in [2.45, 2.75) is 13.8 Å². The molecule has 4 nitrogen and oxygen atoms in total. The number of thiazole rings is 1. The second kappa shape index (κ2) is 4.38. The molecule has 0 saturated heterocycles. The molecule has 2 aromatic heterocycles. The van der Waals surface area contributed by atoms with E-state index in [9.17, 15) is 9.59 Å². The summed E-state index contributed by atoms with van der Waals surface area (Å²) in [6, 6.07) is 1.94. The highest BCUT2D eigenvalue weighted by Gasteiger charge is 2.22. The predicted octanol–water partition coefficient (Wildman–Crippen LogP) is 3.08. The number of Topliss-reactive ketones (excluding diaryl/α,β-unsaturated/α-hetero) is 1. The van der Waals surface area contributed by atoms with Crippen molar-refractivity contribution in [1.82, 2.24) is 4.98 Å². The number of carbonyl (C=O) groups is 2. The highest BCUT2D eigenvalue weighted by molar-refractivity contribution is 7.22. The van der Waals surface area contributed by atoms with Crippen LogP contribution in [0.4, 0.5) is 0 Å². The maximum Gasteiger partial charge on any atom is 0.356 e. The van der Waals surface area contributed by atoms with Gasteiger partial charge in [0.2, 0.25) is 0 Å². The van der Waals surface area contributed by atoms with E-state index in [0.29, 0.717) is 5.01 Å². The molecule has 0 aromatic carbocycles. The van der Waals surface area contributed by atoms with Crippen LogP contribution < -0.4 is 0 Å². The van der Waals surface area contributed by atoms with Crippen LogP contribution in [-0.2, 0) is 0 Å². The van der Waals surface area contributed by atoms with Crippen LogP contribution in [0.2, 0.25) is 0 Å². The topological polar surface area (TPSA) is 67.3 Å². The van der Waals surface area contributed by atoms with Crippen LogP contribution in [0.15, 0.2) is 11.4 Å². The van der Waals surface area contributed by atoms with E-state index in [4.69, 9.17) is 5.11 Å². The Balaban J connectivity index is 2.59. The summed E-state index contributed by atoms with van der Waals surface area (Å²) in [6.45, 7) is 3.28. The molecule has 0 saturated carbocycles. The Bertz CT molecular complexity index is 566. The Labute approximate surface area is 106 Å². The standard InChI is InChI=1S/C11H9NO3S2/c1-5-3-4-16-8(5)10-12-7(11(14)15)9(17-10)6(2)13/h3-4H,1-2H3,(H,14,15). The number of hydrogen-bond acceptors (Lipinski definition) is 5. The number of ketones is 1. The second-order valence-corrected chi connectivity index (χ2v) is 5.41. The van der Waals surface area contributed by atoms with Gasteiger partial charge in [0.05, 0.1) is 4.88 Å². The Morgan fingerprint density at radius 1 is 1.41 bits per heavy atom. The average Bonchev–Trinajstić information content (AvgIpc) is 2.82. The molecule has 0 atom stereocenters. The number of hydrogen-bond donors (Lipinski definition) is 1. The Kier molecular flexibility index (Phi) is 3.08. The van der Waals surface area contributed by atoms with E-state index in [-0.39, 0.29) is 16.4 Å². The molecule has 0 aliphatic heterocycles. The molecule has 0 bridgehead atoms. The summed E-state index contributed by atoms with van der Waals surface area (Å²) in [6.07, 6.45) is 0. The molecule has 0 spiro atoms. The molecule has 2 heterocycles. The number of nitrogens with zero attached hydrogens (tertiary/aromatic N) is 1. The zero-order valence-electron chi connectivity index (χ0n) is 9.18. The normalized spacial score (nSPS) is 10.5. The lowest BCUT2D eigenvalue weighted by Gasteiger charge is -1.91. The van der Waals surface area contributed by atoms with Gasteiger partial charge >= 0.3 is 5.97 Å². The lowest BCUT2D eigenvalue weighted by Crippen LogP contribution is -2.03. The van der Waals surface area contributed by atoms with Gasteiger partial charge in [-0.15, -0.1) is 22.7 Å². The average molecular weight is 267 g/mol. The fraction of sp³-hybridized carbons (Fsp3) is 0.182. The molecule has 2 aromatic rings. The highest BCUT2D eigenvalue weighted by Crippen LogP contribution is 2.34. The molecule has 1 N–H and O–H groups in total. The second-order valence-electron chi connectivity index (χ2n) is 3.49. The first-order valence-corrected chi connectivity index (χ1v) is 6.50. The summed E-state index contributed by atoms with van der Waals surface area (Å²) in [4.78, 5) is 27.5. The molecule has 0 aliphatic carbocycles. The number of aromatic nitrogens is 1. The van der Waals surface area contributed by atoms with Gasteiger partial charge in [0.25, 0.3) is 0 Å². The van der Waals surface area contributed by atoms with Gasteiger partial charge in [-0.3, -0.25) is 4.79 Å². The number of aromatic carboxylic acids is 1. The quantitative estimate of drug-likeness (QED) is 0.868. The third kappa shape index (κ3) is 2.13. The van der Waals surface area contributed by atoms with Gasteiger partial charge in [0.1, 0.15) is 9.88 Å². The van der Waals surface area contributed by atoms with Gasteiger partial charge in [-0.05, 0) is 23.9 Å². The SMILES string of the molecule is CC(=O)c1sc(-c2sccc2C)nc1C(=O)O. The van der Waals surface area contributed by atoms with Crippen molar-refractivity contribution in [2.75, 3.05) is 0 Å². The van der Waals surface area contributed by atoms with Crippen LogP contribution in [0, 0.1) is 6.92 Å². The first-order valence-electron chi connectivity index (χ1n) is 4.80. The van der Waals surface area contributed by atoms with E-state index in [1.54, 1.807) is 0 Å². The van der Waals surface area contributed by atoms with Crippen molar-refractivity contribution in [2.24, 2.45) is 0 Å². The van der Waals surface area contributed by atoms with Gasteiger partial charge in [-0.25, -0.2) is 9.78 Å². The van der Waals surface area contributed by atoms with Crippen LogP contribution in [0.1, 0.15) is 32.6 Å². The van der Waals surface area contributed by atoms with Gasteiger partial charge in [-0.1, -0.05) is 0 Å². The molecular formula is C11H9NO3S2. The van der Waals surface area contributed by atoms with Crippen molar-refractivity contribution < 1.29 is 14.7 Å². The Hall–Kier alpha value is -1.53. The largest absolute Gasteiger partial charge is 0.476 e. The van der Waals surface area contributed by atoms with E-state index >= 15 is 0 Å². The number of rotatable bonds is 3. The van der Waals surface area contributed by atoms with Crippen LogP contribution in [0.25, 0.3) is 9.88 Å². The molecule has 17 heavy (non-hydrogen) atoms. The molecule has 2 rings (SSSR count). The van der Waals surface area contributed by atoms with Gasteiger partial charge in [0.15, 0.2) is 11.5 Å². The Morgan fingerprint density at radius 2 is 2.12 bits per heavy atom. The molecule has 0 amide bonds. The molecule has 0 radical (unpaired) electrons. The lowest BCUT2D eigenvalue weighted by molar-refractivity contribution is 0.0687. The van der Waals surface area contributed by atoms with Crippen molar-refractivity contribution in [3.05, 3.63) is 27.6 Å². The van der Waals surface area contributed by atoms with Crippen molar-refractivity contribution in [1.29, 1.82) is 0 Å². The fourth-order valence-electron chi connectivity index (χ4n) is 1.39. The number of aryl methyl sites for hydroxylation is 1. The van der Waals surface area contributed by atoms with E-state index in [0.717, 1.165) is 21.8 Å². The summed E-state index contributed by atoms with van der Waals surface area (Å²) in [5, 5.41) is 11.5. The highest BCUT2D eigenvalue weighted by atomic mass is 32.1. The number of carbonyl (C=O) groups excluding carboxylic acids is 1. The third-order valence-electron chi connectivity index (χ3n) is 2.21. The summed E-state index contributed by atoms with van der Waals surface area (Å²) in [5.41, 5.74) is 0.890. The third-order valence-corrected chi connectivity index (χ3v) is 4.53. The number of thiophene rings is 1. The summed E-state index contributed by atoms with van der Waals surface area (Å²) in [7, 11) is 0. The van der Waals surface area contributed by atoms with Crippen molar-refractivity contribution in [3.8, 4) is 9.88 Å². The molecule has 0 aliphatic rings. The lowest BCUT2D eigenvalue weighted by atomic mass is 10.3. The molecule has 6 heteroatoms. The molecule has 88 valence electrons. The summed E-state index contributed by atoms with van der Waals surface area (Å²) >= 11 is 2.63. The van der Waals surface area contributed by atoms with Crippen LogP contribution in [0.3, 0.4) is 0 Å². The van der Waals surface area contributed by atoms with Crippen LogP contribution >= 0.6 is 22.7 Å². The van der Waals surface area contributed by atoms with Crippen LogP contribution in [-0.4, -0.2) is 21.8 Å². The van der Waals surface area contributed by atoms with Gasteiger partial charge < -0.3 is 5.11 Å². The maximum atomic E-state index is 11.3. The Morgan fingerprint density at radius 3 is 2.53 bits per heavy atom. The molecule has 0 unspecified atom stereocenters. The van der Waals surface area contributed by atoms with E-state index in [2.05, 4.69) is 4.98 Å². The fourth-order valence-corrected chi connectivity index (χ4v) is 3.43. The first-order chi connectivity index (χ1) is 8.00. The monoisotopic (exact) mass is 267 g/mol. The predicted molar refractivity (Wildman–Crippen MR) is 67.1 cm³/mol. The van der Waals surface area contributed by atoms with Gasteiger partial charge in [0, 0.05) is 6.92 Å². The summed E-state index contributed by atoms with van der Waals surface area (Å²) < 4.78 is 0. The number of carboxylic acids is 1. The number of carboxylic acid groups (broad SMARTS) is 1. The maximum absolute atomic E-state index is 11.3. The minimum Gasteiger partial charge on any atom is -0.476 e. The molecular weight excluding hydrogens is 258 g/mol. The van der Waals surface area contributed by atoms with Gasteiger partial charge in [-0.2, -0.15) is 0 Å². The van der Waals surface area contributed by atoms with Crippen molar-refractivity contribution >= 4 is 34.4 Å². The van der Waals surface area contributed by atoms with Crippen molar-refractivity contribution in [3.63, 3.8) is 0 Å². The summed E-state index contributed by atoms with van der Waals surface area (Å²) in [5.74, 6) is -1.42.